The smallest absolute Gasteiger partial charge is 0.318 e. The number of carbonyl (C=O) groups is 2. The lowest BCUT2D eigenvalue weighted by Crippen LogP contribution is -2.55. The average Bonchev–Trinajstić information content (AvgIpc) is 2.32. The fourth-order valence-electron chi connectivity index (χ4n) is 1.83. The Morgan fingerprint density at radius 2 is 1.86 bits per heavy atom. The molecule has 0 aromatic carbocycles. The van der Waals surface area contributed by atoms with Crippen LogP contribution in [0.3, 0.4) is 0 Å². The van der Waals surface area contributed by atoms with Crippen LogP contribution in [0.2, 0.25) is 0 Å². The van der Waals surface area contributed by atoms with E-state index >= 15 is 0 Å². The summed E-state index contributed by atoms with van der Waals surface area (Å²) in [4.78, 5) is 24.8. The van der Waals surface area contributed by atoms with Gasteiger partial charge in [0.2, 0.25) is 0 Å². The van der Waals surface area contributed by atoms with E-state index in [0.29, 0.717) is 13.2 Å². The minimum atomic E-state index is -0.910. The Morgan fingerprint density at radius 3 is 2.24 bits per heavy atom. The third kappa shape index (κ3) is 7.90. The van der Waals surface area contributed by atoms with Gasteiger partial charge in [-0.2, -0.15) is 0 Å². The highest BCUT2D eigenvalue weighted by molar-refractivity contribution is 5.76. The van der Waals surface area contributed by atoms with E-state index in [1.54, 1.807) is 4.90 Å². The maximum absolute atomic E-state index is 12.4. The number of hydrogen-bond acceptors (Lipinski definition) is 3. The highest BCUT2D eigenvalue weighted by Crippen LogP contribution is 2.15. The number of nitrogens with zero attached hydrogens (tertiary/aromatic N) is 1. The summed E-state index contributed by atoms with van der Waals surface area (Å²) >= 11 is 0. The van der Waals surface area contributed by atoms with Crippen molar-refractivity contribution in [3.63, 3.8) is 0 Å². The molecule has 0 spiro atoms. The molecule has 0 saturated heterocycles. The Morgan fingerprint density at radius 1 is 1.29 bits per heavy atom. The fourth-order valence-corrected chi connectivity index (χ4v) is 1.83. The van der Waals surface area contributed by atoms with Crippen molar-refractivity contribution in [1.29, 1.82) is 0 Å². The van der Waals surface area contributed by atoms with Crippen LogP contribution in [-0.4, -0.2) is 53.3 Å². The molecule has 124 valence electrons. The molecule has 0 aliphatic heterocycles. The van der Waals surface area contributed by atoms with E-state index < -0.39 is 11.5 Å². The number of carboxylic acids is 1. The van der Waals surface area contributed by atoms with Crippen LogP contribution in [0.5, 0.6) is 0 Å². The molecular weight excluding hydrogens is 272 g/mol. The quantitative estimate of drug-likeness (QED) is 0.721. The van der Waals surface area contributed by atoms with Crippen molar-refractivity contribution in [3.05, 3.63) is 0 Å². The lowest BCUT2D eigenvalue weighted by atomic mass is 10.0. The first-order valence-corrected chi connectivity index (χ1v) is 7.47. The number of carbonyl (C=O) groups excluding carboxylic acids is 1. The zero-order valence-electron chi connectivity index (χ0n) is 14.1. The van der Waals surface area contributed by atoms with Crippen molar-refractivity contribution in [1.82, 2.24) is 10.2 Å². The van der Waals surface area contributed by atoms with Crippen LogP contribution in [0.4, 0.5) is 4.79 Å². The number of ether oxygens (including phenoxy) is 1. The molecule has 0 aromatic heterocycles. The van der Waals surface area contributed by atoms with Crippen molar-refractivity contribution in [3.8, 4) is 0 Å². The van der Waals surface area contributed by atoms with E-state index in [2.05, 4.69) is 5.32 Å². The summed E-state index contributed by atoms with van der Waals surface area (Å²) in [5.74, 6) is -0.673. The lowest BCUT2D eigenvalue weighted by molar-refractivity contribution is -0.137. The number of carboxylic acid groups (broad SMARTS) is 1. The maximum Gasteiger partial charge on any atom is 0.318 e. The minimum absolute atomic E-state index is 0.0670. The maximum atomic E-state index is 12.4. The first-order chi connectivity index (χ1) is 9.59. The predicted molar refractivity (Wildman–Crippen MR) is 82.4 cm³/mol. The molecule has 6 nitrogen and oxygen atoms in total. The first kappa shape index (κ1) is 19.7. The third-order valence-corrected chi connectivity index (χ3v) is 3.22. The highest BCUT2D eigenvalue weighted by atomic mass is 16.5. The Kier molecular flexibility index (Phi) is 8.32. The Hall–Kier alpha value is -1.30. The number of hydrogen-bond donors (Lipinski definition) is 2. The summed E-state index contributed by atoms with van der Waals surface area (Å²) in [5.41, 5.74) is -0.438. The normalized spacial score (nSPS) is 13.1. The molecule has 1 unspecified atom stereocenters. The van der Waals surface area contributed by atoms with Crippen LogP contribution in [0.1, 0.15) is 48.0 Å². The van der Waals surface area contributed by atoms with Crippen molar-refractivity contribution >= 4 is 12.0 Å². The fraction of sp³-hybridized carbons (Fsp3) is 0.867. The largest absolute Gasteiger partial charge is 0.481 e. The first-order valence-electron chi connectivity index (χ1n) is 7.47. The summed E-state index contributed by atoms with van der Waals surface area (Å²) in [6.45, 7) is 12.9. The van der Waals surface area contributed by atoms with Gasteiger partial charge >= 0.3 is 12.0 Å². The molecule has 0 rings (SSSR count). The van der Waals surface area contributed by atoms with Crippen LogP contribution >= 0.6 is 0 Å². The lowest BCUT2D eigenvalue weighted by Gasteiger charge is -2.37. The van der Waals surface area contributed by atoms with Gasteiger partial charge in [-0.15, -0.1) is 0 Å². The van der Waals surface area contributed by atoms with Crippen molar-refractivity contribution < 1.29 is 19.4 Å². The van der Waals surface area contributed by atoms with Crippen molar-refractivity contribution in [2.45, 2.75) is 59.5 Å². The zero-order chi connectivity index (χ0) is 16.6. The third-order valence-electron chi connectivity index (χ3n) is 3.22. The van der Waals surface area contributed by atoms with Gasteiger partial charge in [0, 0.05) is 18.7 Å². The van der Waals surface area contributed by atoms with Gasteiger partial charge in [0.25, 0.3) is 0 Å². The molecule has 0 radical (unpaired) electrons. The standard InChI is InChI=1S/C15H30N2O4/c1-7-21-10-12(11(2)3)16-14(20)17(15(4,5)6)9-8-13(18)19/h11-12H,7-10H2,1-6H3,(H,16,20)(H,18,19). The Labute approximate surface area is 127 Å². The van der Waals surface area contributed by atoms with E-state index in [4.69, 9.17) is 9.84 Å². The van der Waals surface area contributed by atoms with E-state index in [1.807, 2.05) is 41.5 Å². The van der Waals surface area contributed by atoms with E-state index in [-0.39, 0.29) is 31.0 Å². The van der Waals surface area contributed by atoms with Gasteiger partial charge in [0.1, 0.15) is 0 Å². The molecule has 2 amide bonds. The zero-order valence-corrected chi connectivity index (χ0v) is 14.1. The molecular formula is C15H30N2O4. The van der Waals surface area contributed by atoms with E-state index in [1.165, 1.54) is 0 Å². The SMILES string of the molecule is CCOCC(NC(=O)N(CCC(=O)O)C(C)(C)C)C(C)C. The van der Waals surface area contributed by atoms with Gasteiger partial charge < -0.3 is 20.1 Å². The van der Waals surface area contributed by atoms with E-state index in [0.717, 1.165) is 0 Å². The predicted octanol–water partition coefficient (Wildman–Crippen LogP) is 2.33. The number of nitrogens with one attached hydrogen (secondary N) is 1. The topological polar surface area (TPSA) is 78.9 Å². The van der Waals surface area contributed by atoms with Gasteiger partial charge in [0.15, 0.2) is 0 Å². The van der Waals surface area contributed by atoms with E-state index in [9.17, 15) is 9.59 Å². The molecule has 2 N–H and O–H groups in total. The second kappa shape index (κ2) is 8.87. The molecule has 6 heteroatoms. The van der Waals surface area contributed by atoms with Crippen LogP contribution in [0.25, 0.3) is 0 Å². The highest BCUT2D eigenvalue weighted by Gasteiger charge is 2.29. The molecule has 0 fully saturated rings. The second-order valence-corrected chi connectivity index (χ2v) is 6.43. The van der Waals surface area contributed by atoms with Crippen LogP contribution in [0.15, 0.2) is 0 Å². The minimum Gasteiger partial charge on any atom is -0.481 e. The molecule has 0 saturated carbocycles. The number of rotatable bonds is 8. The molecule has 0 heterocycles. The Balaban J connectivity index is 4.81. The van der Waals surface area contributed by atoms with Gasteiger partial charge in [-0.1, -0.05) is 13.8 Å². The van der Waals surface area contributed by atoms with Gasteiger partial charge in [-0.25, -0.2) is 4.79 Å². The summed E-state index contributed by atoms with van der Waals surface area (Å²) < 4.78 is 5.39. The molecule has 0 aliphatic rings. The number of urea groups is 1. The van der Waals surface area contributed by atoms with Crippen molar-refractivity contribution in [2.75, 3.05) is 19.8 Å². The monoisotopic (exact) mass is 302 g/mol. The molecule has 1 atom stereocenters. The second-order valence-electron chi connectivity index (χ2n) is 6.43. The summed E-state index contributed by atoms with van der Waals surface area (Å²) in [7, 11) is 0. The summed E-state index contributed by atoms with van der Waals surface area (Å²) in [6.07, 6.45) is -0.0670. The molecule has 0 aromatic rings. The van der Waals surface area contributed by atoms with Crippen LogP contribution < -0.4 is 5.32 Å². The molecule has 0 bridgehead atoms. The van der Waals surface area contributed by atoms with Gasteiger partial charge in [0.05, 0.1) is 19.1 Å². The average molecular weight is 302 g/mol. The van der Waals surface area contributed by atoms with Crippen LogP contribution in [-0.2, 0) is 9.53 Å². The van der Waals surface area contributed by atoms with Crippen LogP contribution in [0, 0.1) is 5.92 Å². The number of amides is 2. The van der Waals surface area contributed by atoms with Gasteiger partial charge in [-0.05, 0) is 33.6 Å². The van der Waals surface area contributed by atoms with Gasteiger partial charge in [-0.3, -0.25) is 4.79 Å². The van der Waals surface area contributed by atoms with Crippen molar-refractivity contribution in [2.24, 2.45) is 5.92 Å². The Bertz CT molecular complexity index is 337. The summed E-state index contributed by atoms with van der Waals surface area (Å²) in [6, 6.07) is -0.339. The number of aliphatic carboxylic acids is 1. The summed E-state index contributed by atoms with van der Waals surface area (Å²) in [5, 5.41) is 11.8. The molecule has 21 heavy (non-hydrogen) atoms. The molecule has 0 aliphatic carbocycles.